The molecule has 1 aromatic carbocycles. The van der Waals surface area contributed by atoms with E-state index < -0.39 is 10.0 Å². The van der Waals surface area contributed by atoms with Crippen LogP contribution in [0.25, 0.3) is 0 Å². The van der Waals surface area contributed by atoms with E-state index in [0.29, 0.717) is 12.4 Å². The van der Waals surface area contributed by atoms with Crippen LogP contribution in [0.4, 0.5) is 5.82 Å². The Balaban J connectivity index is 2.01. The zero-order valence-electron chi connectivity index (χ0n) is 15.3. The quantitative estimate of drug-likeness (QED) is 0.695. The lowest BCUT2D eigenvalue weighted by Gasteiger charge is -2.14. The van der Waals surface area contributed by atoms with Crippen LogP contribution >= 0.6 is 11.6 Å². The topological polar surface area (TPSA) is 76.9 Å². The molecule has 2 aromatic heterocycles. The first-order valence-corrected chi connectivity index (χ1v) is 10.3. The summed E-state index contributed by atoms with van der Waals surface area (Å²) >= 11 is 6.07. The molecule has 8 heteroatoms. The minimum atomic E-state index is -3.85. The molecule has 0 bridgehead atoms. The molecular weight excluding hydrogens is 384 g/mol. The van der Waals surface area contributed by atoms with Gasteiger partial charge in [0.25, 0.3) is 10.0 Å². The van der Waals surface area contributed by atoms with Crippen LogP contribution < -0.4 is 4.72 Å². The molecule has 0 saturated heterocycles. The number of benzene rings is 1. The van der Waals surface area contributed by atoms with Crippen molar-refractivity contribution in [2.75, 3.05) is 4.72 Å². The van der Waals surface area contributed by atoms with Crippen molar-refractivity contribution < 1.29 is 8.42 Å². The van der Waals surface area contributed by atoms with Gasteiger partial charge in [-0.2, -0.15) is 5.10 Å². The molecule has 0 atom stereocenters. The Morgan fingerprint density at radius 2 is 1.78 bits per heavy atom. The number of nitrogens with zero attached hydrogens (tertiary/aromatic N) is 3. The Morgan fingerprint density at radius 1 is 1.11 bits per heavy atom. The molecule has 0 amide bonds. The third-order valence-electron chi connectivity index (χ3n) is 4.00. The minimum Gasteiger partial charge on any atom is -0.265 e. The van der Waals surface area contributed by atoms with Crippen molar-refractivity contribution in [1.29, 1.82) is 0 Å². The predicted octanol–water partition coefficient (Wildman–Crippen LogP) is 4.08. The highest BCUT2D eigenvalue weighted by Gasteiger charge is 2.24. The normalized spacial score (nSPS) is 12.1. The lowest BCUT2D eigenvalue weighted by Crippen LogP contribution is -2.17. The molecule has 1 N–H and O–H groups in total. The molecule has 0 aliphatic heterocycles. The number of aromatic nitrogens is 3. The third kappa shape index (κ3) is 4.48. The predicted molar refractivity (Wildman–Crippen MR) is 107 cm³/mol. The van der Waals surface area contributed by atoms with Gasteiger partial charge in [0.1, 0.15) is 10.7 Å². The molecule has 6 nitrogen and oxygen atoms in total. The first kappa shape index (κ1) is 19.4. The first-order valence-electron chi connectivity index (χ1n) is 8.41. The van der Waals surface area contributed by atoms with E-state index in [1.807, 2.05) is 32.9 Å². The number of anilines is 1. The van der Waals surface area contributed by atoms with Crippen LogP contribution in [-0.2, 0) is 22.0 Å². The maximum atomic E-state index is 12.8. The van der Waals surface area contributed by atoms with Gasteiger partial charge in [-0.25, -0.2) is 13.1 Å². The molecule has 0 aliphatic carbocycles. The van der Waals surface area contributed by atoms with Crippen molar-refractivity contribution in [1.82, 2.24) is 14.8 Å². The highest BCUT2D eigenvalue weighted by Crippen LogP contribution is 2.28. The zero-order valence-corrected chi connectivity index (χ0v) is 16.9. The van der Waals surface area contributed by atoms with Gasteiger partial charge >= 0.3 is 0 Å². The summed E-state index contributed by atoms with van der Waals surface area (Å²) < 4.78 is 30.0. The van der Waals surface area contributed by atoms with Crippen LogP contribution in [0, 0.1) is 0 Å². The van der Waals surface area contributed by atoms with Crippen molar-refractivity contribution >= 4 is 27.4 Å². The van der Waals surface area contributed by atoms with Gasteiger partial charge in [-0.3, -0.25) is 9.71 Å². The second-order valence-electron chi connectivity index (χ2n) is 7.21. The van der Waals surface area contributed by atoms with Crippen LogP contribution in [0.5, 0.6) is 0 Å². The fourth-order valence-electron chi connectivity index (χ4n) is 2.50. The van der Waals surface area contributed by atoms with Crippen LogP contribution in [0.3, 0.4) is 0 Å². The molecule has 3 aromatic rings. The van der Waals surface area contributed by atoms with Gasteiger partial charge in [-0.05, 0) is 29.8 Å². The number of hydrogen-bond donors (Lipinski definition) is 1. The first-order chi connectivity index (χ1) is 12.7. The molecule has 0 spiro atoms. The fourth-order valence-corrected chi connectivity index (χ4v) is 4.07. The summed E-state index contributed by atoms with van der Waals surface area (Å²) in [5, 5.41) is 4.78. The SMILES string of the molecule is CC(C)(C)c1cc(NS(=O)(=O)c2ccccc2Cl)n(Cc2ccncc2)n1. The van der Waals surface area contributed by atoms with E-state index in [1.54, 1.807) is 41.3 Å². The summed E-state index contributed by atoms with van der Waals surface area (Å²) in [7, 11) is -3.85. The molecule has 0 aliphatic rings. The van der Waals surface area contributed by atoms with E-state index in [-0.39, 0.29) is 15.3 Å². The molecule has 2 heterocycles. The van der Waals surface area contributed by atoms with E-state index in [1.165, 1.54) is 6.07 Å². The van der Waals surface area contributed by atoms with Crippen molar-refractivity contribution in [2.24, 2.45) is 0 Å². The summed E-state index contributed by atoms with van der Waals surface area (Å²) in [6.45, 7) is 6.49. The maximum Gasteiger partial charge on any atom is 0.264 e. The smallest absolute Gasteiger partial charge is 0.264 e. The average Bonchev–Trinajstić information content (AvgIpc) is 2.98. The number of halogens is 1. The van der Waals surface area contributed by atoms with Crippen molar-refractivity contribution in [3.8, 4) is 0 Å². The van der Waals surface area contributed by atoms with E-state index >= 15 is 0 Å². The summed E-state index contributed by atoms with van der Waals surface area (Å²) in [4.78, 5) is 4.04. The van der Waals surface area contributed by atoms with Crippen molar-refractivity contribution in [3.05, 3.63) is 71.1 Å². The Hall–Kier alpha value is -2.38. The number of sulfonamides is 1. The number of hydrogen-bond acceptors (Lipinski definition) is 4. The number of rotatable bonds is 5. The maximum absolute atomic E-state index is 12.8. The molecule has 3 rings (SSSR count). The lowest BCUT2D eigenvalue weighted by atomic mass is 9.92. The molecule has 0 fully saturated rings. The van der Waals surface area contributed by atoms with Crippen LogP contribution in [-0.4, -0.2) is 23.2 Å². The summed E-state index contributed by atoms with van der Waals surface area (Å²) in [5.74, 6) is 0.386. The molecular formula is C19H21ClN4O2S. The minimum absolute atomic E-state index is 0.0284. The molecule has 142 valence electrons. The van der Waals surface area contributed by atoms with Gasteiger partial charge in [0.2, 0.25) is 0 Å². The van der Waals surface area contributed by atoms with Gasteiger partial charge in [-0.15, -0.1) is 0 Å². The molecule has 0 saturated carbocycles. The van der Waals surface area contributed by atoms with Crippen LogP contribution in [0.2, 0.25) is 5.02 Å². The van der Waals surface area contributed by atoms with E-state index in [4.69, 9.17) is 11.6 Å². The lowest BCUT2D eigenvalue weighted by molar-refractivity contribution is 0.546. The second kappa shape index (κ2) is 7.32. The van der Waals surface area contributed by atoms with Gasteiger partial charge in [-0.1, -0.05) is 44.5 Å². The summed E-state index contributed by atoms with van der Waals surface area (Å²) in [5.41, 5.74) is 1.52. The van der Waals surface area contributed by atoms with Gasteiger partial charge in [0.15, 0.2) is 0 Å². The number of nitrogens with one attached hydrogen (secondary N) is 1. The zero-order chi connectivity index (χ0) is 19.7. The van der Waals surface area contributed by atoms with Crippen LogP contribution in [0.1, 0.15) is 32.0 Å². The van der Waals surface area contributed by atoms with Gasteiger partial charge in [0, 0.05) is 23.9 Å². The van der Waals surface area contributed by atoms with Crippen molar-refractivity contribution in [3.63, 3.8) is 0 Å². The Labute approximate surface area is 164 Å². The standard InChI is InChI=1S/C19H21ClN4O2S/c1-19(2,3)17-12-18(24(22-17)13-14-8-10-21-11-9-14)23-27(25,26)16-7-5-4-6-15(16)20/h4-12,23H,13H2,1-3H3. The fraction of sp³-hybridized carbons (Fsp3) is 0.263. The van der Waals surface area contributed by atoms with Crippen molar-refractivity contribution in [2.45, 2.75) is 37.6 Å². The summed E-state index contributed by atoms with van der Waals surface area (Å²) in [6, 6.07) is 11.8. The van der Waals surface area contributed by atoms with E-state index in [0.717, 1.165) is 11.3 Å². The van der Waals surface area contributed by atoms with E-state index in [2.05, 4.69) is 14.8 Å². The van der Waals surface area contributed by atoms with Crippen LogP contribution in [0.15, 0.2) is 59.8 Å². The Kier molecular flexibility index (Phi) is 5.26. The highest BCUT2D eigenvalue weighted by molar-refractivity contribution is 7.92. The third-order valence-corrected chi connectivity index (χ3v) is 5.85. The highest BCUT2D eigenvalue weighted by atomic mass is 35.5. The van der Waals surface area contributed by atoms with Gasteiger partial charge < -0.3 is 0 Å². The molecule has 27 heavy (non-hydrogen) atoms. The Bertz CT molecular complexity index is 1040. The monoisotopic (exact) mass is 404 g/mol. The van der Waals surface area contributed by atoms with Gasteiger partial charge in [0.05, 0.1) is 17.3 Å². The summed E-state index contributed by atoms with van der Waals surface area (Å²) in [6.07, 6.45) is 3.38. The molecule has 0 radical (unpaired) electrons. The number of pyridine rings is 1. The van der Waals surface area contributed by atoms with E-state index in [9.17, 15) is 8.42 Å². The Morgan fingerprint density at radius 3 is 2.41 bits per heavy atom. The second-order valence-corrected chi connectivity index (χ2v) is 9.27. The average molecular weight is 405 g/mol. The largest absolute Gasteiger partial charge is 0.265 e. The molecule has 0 unspecified atom stereocenters.